The molecule has 1 aliphatic rings. The number of hydrogen-bond donors (Lipinski definition) is 1. The van der Waals surface area contributed by atoms with Crippen LogP contribution < -0.4 is 5.32 Å². The smallest absolute Gasteiger partial charge is 0.173 e. The Kier molecular flexibility index (Phi) is 7.77. The van der Waals surface area contributed by atoms with E-state index < -0.39 is 0 Å². The van der Waals surface area contributed by atoms with Crippen molar-refractivity contribution < 1.29 is 4.42 Å². The summed E-state index contributed by atoms with van der Waals surface area (Å²) in [4.78, 5) is 4.75. The molecule has 3 rings (SSSR count). The molecule has 0 spiro atoms. The molecule has 1 atom stereocenters. The largest absolute Gasteiger partial charge is 0.467 e. The van der Waals surface area contributed by atoms with Crippen molar-refractivity contribution in [2.24, 2.45) is 5.92 Å². The summed E-state index contributed by atoms with van der Waals surface area (Å²) in [6.45, 7) is 9.43. The van der Waals surface area contributed by atoms with Gasteiger partial charge in [0, 0.05) is 23.8 Å². The van der Waals surface area contributed by atoms with Crippen molar-refractivity contribution in [3.8, 4) is 0 Å². The second-order valence-corrected chi connectivity index (χ2v) is 8.59. The van der Waals surface area contributed by atoms with Crippen LogP contribution in [0, 0.1) is 12.8 Å². The normalized spacial score (nSPS) is 17.5. The second-order valence-electron chi connectivity index (χ2n) is 7.80. The average molecular weight is 420 g/mol. The molecule has 0 saturated carbocycles. The van der Waals surface area contributed by atoms with Gasteiger partial charge in [-0.05, 0) is 87.2 Å². The highest BCUT2D eigenvalue weighted by atomic mass is 35.5. The first kappa shape index (κ1) is 21.2. The molecule has 2 heterocycles. The molecule has 28 heavy (non-hydrogen) atoms. The zero-order valence-corrected chi connectivity index (χ0v) is 18.4. The number of likely N-dealkylation sites (tertiary alicyclic amines) is 1. The van der Waals surface area contributed by atoms with Crippen LogP contribution in [0.2, 0.25) is 5.02 Å². The van der Waals surface area contributed by atoms with E-state index in [0.29, 0.717) is 11.7 Å². The fraction of sp³-hybridized carbons (Fsp3) is 0.500. The molecule has 6 heteroatoms. The van der Waals surface area contributed by atoms with Gasteiger partial charge in [0.05, 0.1) is 12.8 Å². The standard InChI is InChI=1S/C22H30ClN3OS/c1-17-6-3-10-25(15-17)11-5-12-26(16-20-7-4-13-27-20)22(28)24-19-9-8-18(2)21(23)14-19/h4,7-9,13-14,17H,3,5-6,10-12,15-16H2,1-2H3,(H,24,28)/t17-/m0/s1. The third kappa shape index (κ3) is 6.23. The van der Waals surface area contributed by atoms with Crippen LogP contribution in [0.25, 0.3) is 0 Å². The number of aryl methyl sites for hydroxylation is 1. The summed E-state index contributed by atoms with van der Waals surface area (Å²) in [5.74, 6) is 1.72. The first-order valence-corrected chi connectivity index (χ1v) is 10.9. The zero-order valence-electron chi connectivity index (χ0n) is 16.8. The maximum Gasteiger partial charge on any atom is 0.173 e. The van der Waals surface area contributed by atoms with Crippen molar-refractivity contribution >= 4 is 34.6 Å². The number of thiocarbonyl (C=S) groups is 1. The van der Waals surface area contributed by atoms with E-state index in [9.17, 15) is 0 Å². The third-order valence-corrected chi connectivity index (χ3v) is 6.05. The summed E-state index contributed by atoms with van der Waals surface area (Å²) in [5, 5.41) is 4.77. The predicted molar refractivity (Wildman–Crippen MR) is 121 cm³/mol. The molecule has 1 saturated heterocycles. The molecule has 0 aliphatic carbocycles. The molecule has 0 radical (unpaired) electrons. The monoisotopic (exact) mass is 419 g/mol. The van der Waals surface area contributed by atoms with Crippen molar-refractivity contribution in [2.45, 2.75) is 39.7 Å². The van der Waals surface area contributed by atoms with Crippen LogP contribution in [-0.4, -0.2) is 41.1 Å². The van der Waals surface area contributed by atoms with E-state index in [1.165, 1.54) is 25.9 Å². The topological polar surface area (TPSA) is 31.6 Å². The van der Waals surface area contributed by atoms with E-state index in [1.807, 2.05) is 37.3 Å². The molecule has 0 unspecified atom stereocenters. The molecular weight excluding hydrogens is 390 g/mol. The Balaban J connectivity index is 1.58. The molecule has 1 N–H and O–H groups in total. The van der Waals surface area contributed by atoms with E-state index in [0.717, 1.165) is 47.5 Å². The van der Waals surface area contributed by atoms with Gasteiger partial charge in [0.2, 0.25) is 0 Å². The van der Waals surface area contributed by atoms with Gasteiger partial charge < -0.3 is 19.5 Å². The number of nitrogens with one attached hydrogen (secondary N) is 1. The van der Waals surface area contributed by atoms with Crippen molar-refractivity contribution in [2.75, 3.05) is 31.5 Å². The van der Waals surface area contributed by atoms with Gasteiger partial charge in [0.25, 0.3) is 0 Å². The summed E-state index contributed by atoms with van der Waals surface area (Å²) in [6, 6.07) is 9.84. The number of rotatable bonds is 7. The van der Waals surface area contributed by atoms with Gasteiger partial charge in [-0.15, -0.1) is 0 Å². The Hall–Kier alpha value is -1.56. The summed E-state index contributed by atoms with van der Waals surface area (Å²) in [7, 11) is 0. The van der Waals surface area contributed by atoms with Crippen molar-refractivity contribution in [3.63, 3.8) is 0 Å². The summed E-state index contributed by atoms with van der Waals surface area (Å²) in [6.07, 6.45) is 5.45. The lowest BCUT2D eigenvalue weighted by Crippen LogP contribution is -2.39. The van der Waals surface area contributed by atoms with Crippen LogP contribution in [0.4, 0.5) is 5.69 Å². The van der Waals surface area contributed by atoms with Crippen LogP contribution in [0.1, 0.15) is 37.5 Å². The lowest BCUT2D eigenvalue weighted by Gasteiger charge is -2.32. The van der Waals surface area contributed by atoms with Crippen molar-refractivity contribution in [3.05, 3.63) is 52.9 Å². The lowest BCUT2D eigenvalue weighted by molar-refractivity contribution is 0.177. The first-order valence-electron chi connectivity index (χ1n) is 10.1. The number of benzene rings is 1. The van der Waals surface area contributed by atoms with Gasteiger partial charge >= 0.3 is 0 Å². The zero-order chi connectivity index (χ0) is 19.9. The number of nitrogens with zero attached hydrogens (tertiary/aromatic N) is 2. The highest BCUT2D eigenvalue weighted by Gasteiger charge is 2.17. The predicted octanol–water partition coefficient (Wildman–Crippen LogP) is 5.56. The molecule has 4 nitrogen and oxygen atoms in total. The van der Waals surface area contributed by atoms with Gasteiger partial charge in [0.15, 0.2) is 5.11 Å². The Morgan fingerprint density at radius 3 is 2.96 bits per heavy atom. The van der Waals surface area contributed by atoms with Gasteiger partial charge in [-0.1, -0.05) is 24.6 Å². The van der Waals surface area contributed by atoms with Crippen LogP contribution in [0.3, 0.4) is 0 Å². The van der Waals surface area contributed by atoms with E-state index in [1.54, 1.807) is 6.26 Å². The minimum atomic E-state index is 0.662. The minimum absolute atomic E-state index is 0.662. The van der Waals surface area contributed by atoms with Gasteiger partial charge in [-0.2, -0.15) is 0 Å². The minimum Gasteiger partial charge on any atom is -0.467 e. The summed E-state index contributed by atoms with van der Waals surface area (Å²) in [5.41, 5.74) is 1.97. The number of hydrogen-bond acceptors (Lipinski definition) is 3. The van der Waals surface area contributed by atoms with E-state index >= 15 is 0 Å². The highest BCUT2D eigenvalue weighted by molar-refractivity contribution is 7.80. The molecule has 1 fully saturated rings. The fourth-order valence-electron chi connectivity index (χ4n) is 3.69. The summed E-state index contributed by atoms with van der Waals surface area (Å²) >= 11 is 12.0. The van der Waals surface area contributed by atoms with Crippen LogP contribution in [-0.2, 0) is 6.54 Å². The quantitative estimate of drug-likeness (QED) is 0.593. The molecule has 1 aromatic heterocycles. The van der Waals surface area contributed by atoms with Crippen LogP contribution >= 0.6 is 23.8 Å². The second kappa shape index (κ2) is 10.3. The van der Waals surface area contributed by atoms with Crippen molar-refractivity contribution in [1.82, 2.24) is 9.80 Å². The molecule has 152 valence electrons. The maximum absolute atomic E-state index is 6.26. The lowest BCUT2D eigenvalue weighted by atomic mass is 10.0. The molecular formula is C22H30ClN3OS. The number of piperidine rings is 1. The van der Waals surface area contributed by atoms with E-state index in [2.05, 4.69) is 22.0 Å². The number of anilines is 1. The van der Waals surface area contributed by atoms with Gasteiger partial charge in [-0.3, -0.25) is 0 Å². The van der Waals surface area contributed by atoms with E-state index in [-0.39, 0.29) is 0 Å². The molecule has 2 aromatic rings. The van der Waals surface area contributed by atoms with Crippen LogP contribution in [0.5, 0.6) is 0 Å². The Bertz CT molecular complexity index is 765. The molecule has 0 amide bonds. The number of furan rings is 1. The Labute approximate surface area is 178 Å². The number of halogens is 1. The average Bonchev–Trinajstić information content (AvgIpc) is 3.17. The van der Waals surface area contributed by atoms with Gasteiger partial charge in [-0.25, -0.2) is 0 Å². The highest BCUT2D eigenvalue weighted by Crippen LogP contribution is 2.21. The summed E-state index contributed by atoms with van der Waals surface area (Å²) < 4.78 is 5.55. The van der Waals surface area contributed by atoms with Crippen LogP contribution in [0.15, 0.2) is 41.0 Å². The Morgan fingerprint density at radius 1 is 1.39 bits per heavy atom. The molecule has 0 bridgehead atoms. The SMILES string of the molecule is Cc1ccc(NC(=S)N(CCCN2CCC[C@H](C)C2)Cc2ccco2)cc1Cl. The van der Waals surface area contributed by atoms with E-state index in [4.69, 9.17) is 28.2 Å². The van der Waals surface area contributed by atoms with Gasteiger partial charge in [0.1, 0.15) is 5.76 Å². The Morgan fingerprint density at radius 2 is 2.25 bits per heavy atom. The third-order valence-electron chi connectivity index (χ3n) is 5.28. The maximum atomic E-state index is 6.26. The molecule has 1 aromatic carbocycles. The fourth-order valence-corrected chi connectivity index (χ4v) is 4.15. The molecule has 1 aliphatic heterocycles. The first-order chi connectivity index (χ1) is 13.5. The van der Waals surface area contributed by atoms with Crippen molar-refractivity contribution in [1.29, 1.82) is 0 Å².